The van der Waals surface area contributed by atoms with Crippen molar-refractivity contribution in [1.29, 1.82) is 0 Å². The SMILES string of the molecule is COC(=O)/C(=C/Sc1ccccc1)Oc1ccccc1. The average molecular weight is 286 g/mol. The van der Waals surface area contributed by atoms with E-state index in [1.165, 1.54) is 18.9 Å². The van der Waals surface area contributed by atoms with E-state index in [9.17, 15) is 4.79 Å². The Morgan fingerprint density at radius 2 is 1.60 bits per heavy atom. The van der Waals surface area contributed by atoms with Crippen molar-refractivity contribution >= 4 is 17.7 Å². The molecular formula is C16H14O3S. The first-order valence-corrected chi connectivity index (χ1v) is 6.90. The quantitative estimate of drug-likeness (QED) is 0.362. The molecule has 0 atom stereocenters. The van der Waals surface area contributed by atoms with Crippen LogP contribution in [-0.4, -0.2) is 13.1 Å². The lowest BCUT2D eigenvalue weighted by molar-refractivity contribution is -0.138. The van der Waals surface area contributed by atoms with E-state index >= 15 is 0 Å². The van der Waals surface area contributed by atoms with Crippen LogP contribution < -0.4 is 4.74 Å². The van der Waals surface area contributed by atoms with Crippen molar-refractivity contribution in [1.82, 2.24) is 0 Å². The highest BCUT2D eigenvalue weighted by Crippen LogP contribution is 2.22. The molecule has 0 N–H and O–H groups in total. The molecule has 20 heavy (non-hydrogen) atoms. The molecule has 0 aromatic heterocycles. The molecule has 0 heterocycles. The van der Waals surface area contributed by atoms with E-state index in [-0.39, 0.29) is 5.76 Å². The second kappa shape index (κ2) is 7.40. The number of methoxy groups -OCH3 is 1. The largest absolute Gasteiger partial charge is 0.463 e. The molecule has 0 aliphatic carbocycles. The molecule has 102 valence electrons. The van der Waals surface area contributed by atoms with Crippen LogP contribution in [0.15, 0.2) is 76.7 Å². The summed E-state index contributed by atoms with van der Waals surface area (Å²) in [5.74, 6) is 0.252. The lowest BCUT2D eigenvalue weighted by Gasteiger charge is -2.07. The highest BCUT2D eigenvalue weighted by Gasteiger charge is 2.12. The van der Waals surface area contributed by atoms with Gasteiger partial charge >= 0.3 is 5.97 Å². The van der Waals surface area contributed by atoms with Crippen LogP contribution in [0.25, 0.3) is 0 Å². The maximum atomic E-state index is 11.7. The van der Waals surface area contributed by atoms with Gasteiger partial charge in [-0.05, 0) is 24.3 Å². The van der Waals surface area contributed by atoms with Crippen LogP contribution in [0.1, 0.15) is 0 Å². The fourth-order valence-corrected chi connectivity index (χ4v) is 2.15. The smallest absolute Gasteiger partial charge is 0.374 e. The molecule has 0 amide bonds. The molecule has 0 radical (unpaired) electrons. The fraction of sp³-hybridized carbons (Fsp3) is 0.0625. The Morgan fingerprint density at radius 3 is 2.20 bits per heavy atom. The van der Waals surface area contributed by atoms with Gasteiger partial charge in [0.25, 0.3) is 0 Å². The summed E-state index contributed by atoms with van der Waals surface area (Å²) in [6.07, 6.45) is 0. The topological polar surface area (TPSA) is 35.5 Å². The lowest BCUT2D eigenvalue weighted by atomic mass is 10.3. The summed E-state index contributed by atoms with van der Waals surface area (Å²) in [4.78, 5) is 12.7. The molecule has 4 heteroatoms. The van der Waals surface area contributed by atoms with Crippen LogP contribution in [0, 0.1) is 0 Å². The van der Waals surface area contributed by atoms with Crippen LogP contribution in [-0.2, 0) is 9.53 Å². The van der Waals surface area contributed by atoms with Gasteiger partial charge in [-0.25, -0.2) is 4.79 Å². The van der Waals surface area contributed by atoms with Crippen LogP contribution in [0.4, 0.5) is 0 Å². The number of ether oxygens (including phenoxy) is 2. The van der Waals surface area contributed by atoms with Gasteiger partial charge in [-0.2, -0.15) is 0 Å². The molecule has 0 spiro atoms. The number of hydrogen-bond donors (Lipinski definition) is 0. The Kier molecular flexibility index (Phi) is 5.26. The number of thioether (sulfide) groups is 1. The highest BCUT2D eigenvalue weighted by molar-refractivity contribution is 8.02. The van der Waals surface area contributed by atoms with E-state index in [1.54, 1.807) is 17.5 Å². The number of carbonyl (C=O) groups excluding carboxylic acids is 1. The average Bonchev–Trinajstić information content (AvgIpc) is 2.52. The number of rotatable bonds is 5. The fourth-order valence-electron chi connectivity index (χ4n) is 1.45. The third-order valence-corrected chi connectivity index (χ3v) is 3.28. The summed E-state index contributed by atoms with van der Waals surface area (Å²) in [5.41, 5.74) is 0. The zero-order valence-corrected chi connectivity index (χ0v) is 11.8. The summed E-state index contributed by atoms with van der Waals surface area (Å²) in [7, 11) is 1.33. The van der Waals surface area contributed by atoms with Crippen molar-refractivity contribution in [2.24, 2.45) is 0 Å². The number of esters is 1. The monoisotopic (exact) mass is 286 g/mol. The van der Waals surface area contributed by atoms with E-state index < -0.39 is 5.97 Å². The molecule has 0 saturated heterocycles. The third-order valence-electron chi connectivity index (χ3n) is 2.40. The van der Waals surface area contributed by atoms with Crippen LogP contribution in [0.3, 0.4) is 0 Å². The Morgan fingerprint density at radius 1 is 1.00 bits per heavy atom. The minimum absolute atomic E-state index is 0.160. The molecule has 2 aromatic rings. The first kappa shape index (κ1) is 14.2. The van der Waals surface area contributed by atoms with E-state index in [2.05, 4.69) is 0 Å². The third kappa shape index (κ3) is 4.17. The van der Waals surface area contributed by atoms with E-state index in [4.69, 9.17) is 9.47 Å². The molecule has 0 aliphatic heterocycles. The Labute approximate surface area is 122 Å². The molecule has 0 aliphatic rings. The molecule has 0 bridgehead atoms. The van der Waals surface area contributed by atoms with Gasteiger partial charge in [0.15, 0.2) is 0 Å². The van der Waals surface area contributed by atoms with Crippen LogP contribution in [0.2, 0.25) is 0 Å². The van der Waals surface area contributed by atoms with E-state index in [0.717, 1.165) is 4.90 Å². The van der Waals surface area contributed by atoms with Crippen molar-refractivity contribution < 1.29 is 14.3 Å². The van der Waals surface area contributed by atoms with Crippen molar-refractivity contribution in [3.63, 3.8) is 0 Å². The van der Waals surface area contributed by atoms with Gasteiger partial charge in [-0.3, -0.25) is 0 Å². The maximum Gasteiger partial charge on any atom is 0.374 e. The van der Waals surface area contributed by atoms with E-state index in [1.807, 2.05) is 48.5 Å². The minimum Gasteiger partial charge on any atom is -0.463 e. The maximum absolute atomic E-state index is 11.7. The second-order valence-corrected chi connectivity index (χ2v) is 4.76. The van der Waals surface area contributed by atoms with Gasteiger partial charge in [0.1, 0.15) is 5.75 Å². The molecule has 2 rings (SSSR count). The zero-order valence-electron chi connectivity index (χ0n) is 11.0. The molecule has 0 fully saturated rings. The summed E-state index contributed by atoms with van der Waals surface area (Å²) in [6.45, 7) is 0. The van der Waals surface area contributed by atoms with E-state index in [0.29, 0.717) is 5.75 Å². The summed E-state index contributed by atoms with van der Waals surface area (Å²) in [6, 6.07) is 18.9. The first-order valence-electron chi connectivity index (χ1n) is 6.02. The standard InChI is InChI=1S/C16H14O3S/c1-18-16(17)15(19-13-8-4-2-5-9-13)12-20-14-10-6-3-7-11-14/h2-12H,1H3/b15-12-. The molecule has 0 saturated carbocycles. The highest BCUT2D eigenvalue weighted by atomic mass is 32.2. The van der Waals surface area contributed by atoms with Gasteiger partial charge in [0.2, 0.25) is 5.76 Å². The Hall–Kier alpha value is -2.20. The lowest BCUT2D eigenvalue weighted by Crippen LogP contribution is -2.10. The predicted octanol–water partition coefficient (Wildman–Crippen LogP) is 3.87. The van der Waals surface area contributed by atoms with Crippen molar-refractivity contribution in [3.8, 4) is 5.75 Å². The minimum atomic E-state index is -0.503. The Bertz CT molecular complexity index is 579. The predicted molar refractivity (Wildman–Crippen MR) is 79.5 cm³/mol. The van der Waals surface area contributed by atoms with Crippen LogP contribution >= 0.6 is 11.8 Å². The molecule has 0 unspecified atom stereocenters. The molecule has 2 aromatic carbocycles. The first-order chi connectivity index (χ1) is 9.79. The molecular weight excluding hydrogens is 272 g/mol. The zero-order chi connectivity index (χ0) is 14.2. The number of carbonyl (C=O) groups is 1. The number of benzene rings is 2. The molecule has 3 nitrogen and oxygen atoms in total. The van der Waals surface area contributed by atoms with Gasteiger partial charge in [0.05, 0.1) is 7.11 Å². The summed E-state index contributed by atoms with van der Waals surface area (Å²) in [5, 5.41) is 1.65. The van der Waals surface area contributed by atoms with Gasteiger partial charge in [0, 0.05) is 10.3 Å². The number of para-hydroxylation sites is 1. The van der Waals surface area contributed by atoms with Crippen molar-refractivity contribution in [2.45, 2.75) is 4.90 Å². The Balaban J connectivity index is 2.13. The normalized spacial score (nSPS) is 10.9. The van der Waals surface area contributed by atoms with Gasteiger partial charge in [-0.1, -0.05) is 48.2 Å². The van der Waals surface area contributed by atoms with Gasteiger partial charge in [-0.15, -0.1) is 0 Å². The van der Waals surface area contributed by atoms with Crippen molar-refractivity contribution in [2.75, 3.05) is 7.11 Å². The van der Waals surface area contributed by atoms with Gasteiger partial charge < -0.3 is 9.47 Å². The van der Waals surface area contributed by atoms with Crippen LogP contribution in [0.5, 0.6) is 5.75 Å². The summed E-state index contributed by atoms with van der Waals surface area (Å²) >= 11 is 1.40. The summed E-state index contributed by atoms with van der Waals surface area (Å²) < 4.78 is 10.3. The number of hydrogen-bond acceptors (Lipinski definition) is 4. The second-order valence-electron chi connectivity index (χ2n) is 3.82. The van der Waals surface area contributed by atoms with Crippen molar-refractivity contribution in [3.05, 3.63) is 71.8 Å².